The predicted octanol–water partition coefficient (Wildman–Crippen LogP) is 0.929. The largest absolute Gasteiger partial charge is 0.296 e. The minimum Gasteiger partial charge on any atom is -0.296 e. The topological polar surface area (TPSA) is 35.8 Å². The Labute approximate surface area is 63.6 Å². The van der Waals surface area contributed by atoms with Crippen molar-refractivity contribution in [3.8, 4) is 6.07 Å². The molecule has 1 atom stereocenters. The first kappa shape index (κ1) is 9.60. The molecule has 0 aliphatic carbocycles. The van der Waals surface area contributed by atoms with E-state index in [9.17, 15) is 8.78 Å². The van der Waals surface area contributed by atoms with Crippen LogP contribution in [0.15, 0.2) is 0 Å². The Morgan fingerprint density at radius 1 is 1.60 bits per heavy atom. The van der Waals surface area contributed by atoms with Crippen molar-refractivity contribution in [2.75, 3.05) is 6.54 Å². The molecule has 1 aliphatic rings. The fourth-order valence-electron chi connectivity index (χ4n) is 0.807. The van der Waals surface area contributed by atoms with Crippen LogP contribution in [0.4, 0.5) is 8.78 Å². The highest BCUT2D eigenvalue weighted by Gasteiger charge is 2.39. The average Bonchev–Trinajstić information content (AvgIpc) is 2.10. The highest BCUT2D eigenvalue weighted by molar-refractivity contribution is 5.85. The number of alkyl halides is 2. The van der Waals surface area contributed by atoms with Crippen molar-refractivity contribution >= 4 is 12.4 Å². The molecule has 1 saturated heterocycles. The van der Waals surface area contributed by atoms with E-state index in [2.05, 4.69) is 5.32 Å². The molecular weight excluding hydrogens is 162 g/mol. The van der Waals surface area contributed by atoms with E-state index < -0.39 is 12.0 Å². The van der Waals surface area contributed by atoms with Gasteiger partial charge < -0.3 is 0 Å². The van der Waals surface area contributed by atoms with Gasteiger partial charge >= 0.3 is 0 Å². The lowest BCUT2D eigenvalue weighted by Crippen LogP contribution is -2.21. The second-order valence-electron chi connectivity index (χ2n) is 2.12. The molecule has 1 heterocycles. The zero-order valence-electron chi connectivity index (χ0n) is 5.10. The van der Waals surface area contributed by atoms with Gasteiger partial charge in [0, 0.05) is 6.42 Å². The Bertz CT molecular complexity index is 154. The number of hydrogen-bond donors (Lipinski definition) is 1. The van der Waals surface area contributed by atoms with Crippen LogP contribution in [0.25, 0.3) is 0 Å². The van der Waals surface area contributed by atoms with E-state index >= 15 is 0 Å². The summed E-state index contributed by atoms with van der Waals surface area (Å²) in [7, 11) is 0. The quantitative estimate of drug-likeness (QED) is 0.584. The summed E-state index contributed by atoms with van der Waals surface area (Å²) in [5.41, 5.74) is 0. The van der Waals surface area contributed by atoms with Gasteiger partial charge in [0.25, 0.3) is 5.92 Å². The monoisotopic (exact) mass is 168 g/mol. The van der Waals surface area contributed by atoms with E-state index in [1.165, 1.54) is 0 Å². The molecule has 0 unspecified atom stereocenters. The van der Waals surface area contributed by atoms with Crippen molar-refractivity contribution in [1.82, 2.24) is 5.32 Å². The second-order valence-corrected chi connectivity index (χ2v) is 2.12. The van der Waals surface area contributed by atoms with Crippen LogP contribution in [0.2, 0.25) is 0 Å². The molecule has 0 aromatic heterocycles. The van der Waals surface area contributed by atoms with Gasteiger partial charge in [-0.05, 0) is 0 Å². The second kappa shape index (κ2) is 3.13. The third-order valence-electron chi connectivity index (χ3n) is 1.27. The molecule has 0 amide bonds. The van der Waals surface area contributed by atoms with Gasteiger partial charge in [-0.2, -0.15) is 5.26 Å². The highest BCUT2D eigenvalue weighted by Crippen LogP contribution is 2.24. The first-order chi connectivity index (χ1) is 4.14. The first-order valence-corrected chi connectivity index (χ1v) is 2.65. The van der Waals surface area contributed by atoms with E-state index in [1.807, 2.05) is 0 Å². The maximum Gasteiger partial charge on any atom is 0.262 e. The summed E-state index contributed by atoms with van der Waals surface area (Å²) in [6, 6.07) is 1.08. The number of nitriles is 1. The molecule has 0 aromatic rings. The molecule has 0 saturated carbocycles. The molecule has 1 aliphatic heterocycles. The average molecular weight is 169 g/mol. The summed E-state index contributed by atoms with van der Waals surface area (Å²) in [6.07, 6.45) is -0.344. The number of nitrogens with one attached hydrogen (secondary N) is 1. The van der Waals surface area contributed by atoms with E-state index in [0.717, 1.165) is 0 Å². The molecule has 0 spiro atoms. The Hall–Kier alpha value is -0.400. The number of halogens is 3. The molecule has 10 heavy (non-hydrogen) atoms. The molecule has 5 heteroatoms. The normalized spacial score (nSPS) is 28.7. The van der Waals surface area contributed by atoms with Gasteiger partial charge in [0.05, 0.1) is 12.6 Å². The Kier molecular flexibility index (Phi) is 3.00. The van der Waals surface area contributed by atoms with Crippen LogP contribution in [-0.4, -0.2) is 18.5 Å². The lowest BCUT2D eigenvalue weighted by Gasteiger charge is -2.02. The molecular formula is C5H7ClF2N2. The van der Waals surface area contributed by atoms with Gasteiger partial charge in [-0.15, -0.1) is 12.4 Å². The summed E-state index contributed by atoms with van der Waals surface area (Å²) in [5.74, 6) is -2.67. The van der Waals surface area contributed by atoms with Crippen LogP contribution in [0, 0.1) is 11.3 Å². The maximum absolute atomic E-state index is 12.2. The zero-order valence-corrected chi connectivity index (χ0v) is 5.92. The van der Waals surface area contributed by atoms with Crippen molar-refractivity contribution < 1.29 is 8.78 Å². The van der Waals surface area contributed by atoms with E-state index in [1.54, 1.807) is 6.07 Å². The van der Waals surface area contributed by atoms with Crippen molar-refractivity contribution in [1.29, 1.82) is 5.26 Å². The molecule has 58 valence electrons. The zero-order chi connectivity index (χ0) is 6.91. The SMILES string of the molecule is Cl.N#C[C@H]1CC(F)(F)CN1. The number of rotatable bonds is 0. The van der Waals surface area contributed by atoms with Crippen LogP contribution in [0.3, 0.4) is 0 Å². The number of nitrogens with zero attached hydrogens (tertiary/aromatic N) is 1. The fourth-order valence-corrected chi connectivity index (χ4v) is 0.807. The molecule has 1 rings (SSSR count). The molecule has 0 aromatic carbocycles. The van der Waals surface area contributed by atoms with Crippen LogP contribution < -0.4 is 5.32 Å². The maximum atomic E-state index is 12.2. The lowest BCUT2D eigenvalue weighted by molar-refractivity contribution is 0.0224. The van der Waals surface area contributed by atoms with E-state index in [0.29, 0.717) is 0 Å². The Balaban J connectivity index is 0.000000810. The van der Waals surface area contributed by atoms with Crippen LogP contribution in [0.5, 0.6) is 0 Å². The van der Waals surface area contributed by atoms with Gasteiger partial charge in [0.15, 0.2) is 0 Å². The minimum atomic E-state index is -2.67. The van der Waals surface area contributed by atoms with Crippen LogP contribution in [-0.2, 0) is 0 Å². The molecule has 1 N–H and O–H groups in total. The summed E-state index contributed by atoms with van der Waals surface area (Å²) < 4.78 is 24.3. The van der Waals surface area contributed by atoms with Gasteiger partial charge in [0.2, 0.25) is 0 Å². The fraction of sp³-hybridized carbons (Fsp3) is 0.800. The van der Waals surface area contributed by atoms with Crippen molar-refractivity contribution in [3.63, 3.8) is 0 Å². The molecule has 1 fully saturated rings. The highest BCUT2D eigenvalue weighted by atomic mass is 35.5. The van der Waals surface area contributed by atoms with E-state index in [4.69, 9.17) is 5.26 Å². The molecule has 2 nitrogen and oxygen atoms in total. The first-order valence-electron chi connectivity index (χ1n) is 2.65. The van der Waals surface area contributed by atoms with Gasteiger partial charge in [0.1, 0.15) is 6.04 Å². The number of hydrogen-bond acceptors (Lipinski definition) is 2. The van der Waals surface area contributed by atoms with Crippen molar-refractivity contribution in [3.05, 3.63) is 0 Å². The van der Waals surface area contributed by atoms with Gasteiger partial charge in [-0.25, -0.2) is 8.78 Å². The summed E-state index contributed by atoms with van der Waals surface area (Å²) in [4.78, 5) is 0. The predicted molar refractivity (Wildman–Crippen MR) is 34.2 cm³/mol. The third-order valence-corrected chi connectivity index (χ3v) is 1.27. The van der Waals surface area contributed by atoms with Crippen molar-refractivity contribution in [2.24, 2.45) is 0 Å². The van der Waals surface area contributed by atoms with E-state index in [-0.39, 0.29) is 25.4 Å². The van der Waals surface area contributed by atoms with Crippen LogP contribution in [0.1, 0.15) is 6.42 Å². The minimum absolute atomic E-state index is 0. The Morgan fingerprint density at radius 2 is 2.20 bits per heavy atom. The smallest absolute Gasteiger partial charge is 0.262 e. The standard InChI is InChI=1S/C5H6F2N2.ClH/c6-5(7)1-4(2-8)9-3-5;/h4,9H,1,3H2;1H/t4-;/m1./s1. The molecule has 0 bridgehead atoms. The lowest BCUT2D eigenvalue weighted by atomic mass is 10.2. The summed E-state index contributed by atoms with van der Waals surface area (Å²) in [5, 5.41) is 10.5. The van der Waals surface area contributed by atoms with Gasteiger partial charge in [-0.1, -0.05) is 0 Å². The van der Waals surface area contributed by atoms with Crippen LogP contribution >= 0.6 is 12.4 Å². The van der Waals surface area contributed by atoms with Gasteiger partial charge in [-0.3, -0.25) is 5.32 Å². The summed E-state index contributed by atoms with van der Waals surface area (Å²) >= 11 is 0. The molecule has 0 radical (unpaired) electrons. The summed E-state index contributed by atoms with van der Waals surface area (Å²) in [6.45, 7) is -0.356. The Morgan fingerprint density at radius 3 is 2.40 bits per heavy atom. The van der Waals surface area contributed by atoms with Crippen molar-refractivity contribution in [2.45, 2.75) is 18.4 Å². The third kappa shape index (κ3) is 2.09.